The quantitative estimate of drug-likeness (QED) is 0.659. The van der Waals surface area contributed by atoms with Crippen molar-refractivity contribution in [3.05, 3.63) is 66.5 Å². The van der Waals surface area contributed by atoms with E-state index in [0.717, 1.165) is 22.9 Å². The highest BCUT2D eigenvalue weighted by Crippen LogP contribution is 2.34. The van der Waals surface area contributed by atoms with E-state index in [1.165, 1.54) is 12.1 Å². The number of hydrogen-bond acceptors (Lipinski definition) is 2. The van der Waals surface area contributed by atoms with Gasteiger partial charge < -0.3 is 4.74 Å². The lowest BCUT2D eigenvalue weighted by Gasteiger charge is -2.11. The number of ether oxygens (including phenoxy) is 1. The van der Waals surface area contributed by atoms with Gasteiger partial charge >= 0.3 is 6.18 Å². The number of hydrogen-bond donors (Lipinski definition) is 0. The fraction of sp³-hybridized carbons (Fsp3) is 0.0625. The van der Waals surface area contributed by atoms with Crippen molar-refractivity contribution >= 4 is 10.8 Å². The van der Waals surface area contributed by atoms with Crippen molar-refractivity contribution in [3.8, 4) is 11.5 Å². The molecule has 2 nitrogen and oxygen atoms in total. The van der Waals surface area contributed by atoms with Gasteiger partial charge in [0, 0.05) is 17.8 Å². The molecule has 0 amide bonds. The molecule has 106 valence electrons. The van der Waals surface area contributed by atoms with Crippen LogP contribution < -0.4 is 4.74 Å². The number of alkyl halides is 3. The molecule has 2 aromatic carbocycles. The molecule has 0 atom stereocenters. The largest absolute Gasteiger partial charge is 0.457 e. The van der Waals surface area contributed by atoms with E-state index in [2.05, 4.69) is 4.98 Å². The van der Waals surface area contributed by atoms with E-state index in [0.29, 0.717) is 5.75 Å². The summed E-state index contributed by atoms with van der Waals surface area (Å²) >= 11 is 0. The minimum atomic E-state index is -4.39. The predicted octanol–water partition coefficient (Wildman–Crippen LogP) is 5.05. The van der Waals surface area contributed by atoms with E-state index >= 15 is 0 Å². The Morgan fingerprint density at radius 3 is 2.57 bits per heavy atom. The zero-order chi connectivity index (χ0) is 14.9. The number of pyridine rings is 1. The lowest BCUT2D eigenvalue weighted by molar-refractivity contribution is -0.137. The number of benzene rings is 2. The SMILES string of the molecule is FC(F)(F)c1cccc(Oc2cccc3ccncc23)c1. The van der Waals surface area contributed by atoms with Gasteiger partial charge in [-0.1, -0.05) is 18.2 Å². The van der Waals surface area contributed by atoms with Gasteiger partial charge in [0.05, 0.1) is 5.56 Å². The second kappa shape index (κ2) is 5.09. The van der Waals surface area contributed by atoms with Crippen LogP contribution in [0.3, 0.4) is 0 Å². The average molecular weight is 289 g/mol. The van der Waals surface area contributed by atoms with Crippen LogP contribution in [0.2, 0.25) is 0 Å². The first-order valence-corrected chi connectivity index (χ1v) is 6.22. The molecule has 0 aliphatic rings. The molecule has 0 saturated carbocycles. The van der Waals surface area contributed by atoms with E-state index in [1.54, 1.807) is 24.5 Å². The lowest BCUT2D eigenvalue weighted by atomic mass is 10.1. The molecule has 0 saturated heterocycles. The molecule has 0 unspecified atom stereocenters. The van der Waals surface area contributed by atoms with Gasteiger partial charge in [-0.2, -0.15) is 13.2 Å². The Balaban J connectivity index is 1.99. The molecule has 0 spiro atoms. The first-order valence-electron chi connectivity index (χ1n) is 6.22. The highest BCUT2D eigenvalue weighted by atomic mass is 19.4. The summed E-state index contributed by atoms with van der Waals surface area (Å²) in [6.07, 6.45) is -1.12. The third kappa shape index (κ3) is 2.81. The molecule has 0 aliphatic heterocycles. The predicted molar refractivity (Wildman–Crippen MR) is 73.3 cm³/mol. The maximum Gasteiger partial charge on any atom is 0.416 e. The first kappa shape index (κ1) is 13.4. The summed E-state index contributed by atoms with van der Waals surface area (Å²) < 4.78 is 43.7. The molecule has 0 bridgehead atoms. The van der Waals surface area contributed by atoms with E-state index in [9.17, 15) is 13.2 Å². The fourth-order valence-corrected chi connectivity index (χ4v) is 2.04. The maximum atomic E-state index is 12.7. The van der Waals surface area contributed by atoms with Crippen LogP contribution in [0.1, 0.15) is 5.56 Å². The number of fused-ring (bicyclic) bond motifs is 1. The molecular weight excluding hydrogens is 279 g/mol. The normalized spacial score (nSPS) is 11.6. The highest BCUT2D eigenvalue weighted by Gasteiger charge is 2.30. The Kier molecular flexibility index (Phi) is 3.25. The number of nitrogens with zero attached hydrogens (tertiary/aromatic N) is 1. The van der Waals surface area contributed by atoms with Gasteiger partial charge in [-0.25, -0.2) is 0 Å². The molecule has 3 rings (SSSR count). The monoisotopic (exact) mass is 289 g/mol. The van der Waals surface area contributed by atoms with Crippen LogP contribution in [0, 0.1) is 0 Å². The van der Waals surface area contributed by atoms with Crippen molar-refractivity contribution in [1.29, 1.82) is 0 Å². The second-order valence-electron chi connectivity index (χ2n) is 4.48. The third-order valence-corrected chi connectivity index (χ3v) is 3.03. The molecule has 21 heavy (non-hydrogen) atoms. The molecule has 3 aromatic rings. The molecule has 1 heterocycles. The van der Waals surface area contributed by atoms with Gasteiger partial charge in [0.2, 0.25) is 0 Å². The summed E-state index contributed by atoms with van der Waals surface area (Å²) in [6.45, 7) is 0. The van der Waals surface area contributed by atoms with Gasteiger partial charge in [0.25, 0.3) is 0 Å². The van der Waals surface area contributed by atoms with Gasteiger partial charge in [-0.15, -0.1) is 0 Å². The van der Waals surface area contributed by atoms with Gasteiger partial charge in [-0.05, 0) is 35.7 Å². The van der Waals surface area contributed by atoms with Crippen LogP contribution >= 0.6 is 0 Å². The van der Waals surface area contributed by atoms with Crippen LogP contribution in [0.15, 0.2) is 60.9 Å². The third-order valence-electron chi connectivity index (χ3n) is 3.03. The summed E-state index contributed by atoms with van der Waals surface area (Å²) in [5.41, 5.74) is -0.738. The summed E-state index contributed by atoms with van der Waals surface area (Å²) in [6, 6.07) is 12.0. The molecule has 0 aliphatic carbocycles. The van der Waals surface area contributed by atoms with E-state index in [-0.39, 0.29) is 5.75 Å². The summed E-state index contributed by atoms with van der Waals surface area (Å²) in [5, 5.41) is 1.66. The Hall–Kier alpha value is -2.56. The standard InChI is InChI=1S/C16H10F3NO/c17-16(18,19)12-4-2-5-13(9-12)21-15-6-1-3-11-7-8-20-10-14(11)15/h1-10H. The Morgan fingerprint density at radius 1 is 0.952 bits per heavy atom. The minimum Gasteiger partial charge on any atom is -0.457 e. The second-order valence-corrected chi connectivity index (χ2v) is 4.48. The topological polar surface area (TPSA) is 22.1 Å². The number of halogens is 3. The van der Waals surface area contributed by atoms with Crippen LogP contribution in [-0.4, -0.2) is 4.98 Å². The zero-order valence-corrected chi connectivity index (χ0v) is 10.8. The number of aromatic nitrogens is 1. The van der Waals surface area contributed by atoms with Crippen LogP contribution in [0.4, 0.5) is 13.2 Å². The van der Waals surface area contributed by atoms with Gasteiger partial charge in [-0.3, -0.25) is 4.98 Å². The smallest absolute Gasteiger partial charge is 0.416 e. The minimum absolute atomic E-state index is 0.140. The first-order chi connectivity index (χ1) is 10.0. The summed E-state index contributed by atoms with van der Waals surface area (Å²) in [4.78, 5) is 4.01. The molecule has 1 aromatic heterocycles. The van der Waals surface area contributed by atoms with Crippen molar-refractivity contribution in [1.82, 2.24) is 4.98 Å². The van der Waals surface area contributed by atoms with E-state index < -0.39 is 11.7 Å². The van der Waals surface area contributed by atoms with Gasteiger partial charge in [0.1, 0.15) is 11.5 Å². The van der Waals surface area contributed by atoms with Crippen molar-refractivity contribution in [3.63, 3.8) is 0 Å². The molecule has 0 radical (unpaired) electrons. The summed E-state index contributed by atoms with van der Waals surface area (Å²) in [5.74, 6) is 0.612. The Bertz CT molecular complexity index is 778. The van der Waals surface area contributed by atoms with Crippen molar-refractivity contribution in [2.24, 2.45) is 0 Å². The number of rotatable bonds is 2. The van der Waals surface area contributed by atoms with Crippen molar-refractivity contribution in [2.75, 3.05) is 0 Å². The highest BCUT2D eigenvalue weighted by molar-refractivity contribution is 5.87. The maximum absolute atomic E-state index is 12.7. The summed E-state index contributed by atoms with van der Waals surface area (Å²) in [7, 11) is 0. The molecule has 5 heteroatoms. The zero-order valence-electron chi connectivity index (χ0n) is 10.8. The fourth-order valence-electron chi connectivity index (χ4n) is 2.04. The van der Waals surface area contributed by atoms with Crippen molar-refractivity contribution < 1.29 is 17.9 Å². The Labute approximate surface area is 118 Å². The van der Waals surface area contributed by atoms with E-state index in [1.807, 2.05) is 12.1 Å². The Morgan fingerprint density at radius 2 is 1.76 bits per heavy atom. The average Bonchev–Trinajstić information content (AvgIpc) is 2.47. The van der Waals surface area contributed by atoms with E-state index in [4.69, 9.17) is 4.74 Å². The molecular formula is C16H10F3NO. The molecule has 0 fully saturated rings. The lowest BCUT2D eigenvalue weighted by Crippen LogP contribution is -2.04. The van der Waals surface area contributed by atoms with Crippen molar-refractivity contribution in [2.45, 2.75) is 6.18 Å². The van der Waals surface area contributed by atoms with Crippen LogP contribution in [0.5, 0.6) is 11.5 Å². The molecule has 0 N–H and O–H groups in total. The van der Waals surface area contributed by atoms with Crippen LogP contribution in [-0.2, 0) is 6.18 Å². The van der Waals surface area contributed by atoms with Crippen LogP contribution in [0.25, 0.3) is 10.8 Å². The van der Waals surface area contributed by atoms with Gasteiger partial charge in [0.15, 0.2) is 0 Å².